The number of hydrogen-bond acceptors (Lipinski definition) is 3. The summed E-state index contributed by atoms with van der Waals surface area (Å²) in [5.41, 5.74) is 1.29. The predicted molar refractivity (Wildman–Crippen MR) is 84.6 cm³/mol. The lowest BCUT2D eigenvalue weighted by Crippen LogP contribution is -2.25. The van der Waals surface area contributed by atoms with Crippen LogP contribution in [0.1, 0.15) is 38.7 Å². The van der Waals surface area contributed by atoms with E-state index in [4.69, 9.17) is 9.47 Å². The Kier molecular flexibility index (Phi) is 8.31. The fourth-order valence-electron chi connectivity index (χ4n) is 2.21. The van der Waals surface area contributed by atoms with Crippen LogP contribution in [0, 0.1) is 5.92 Å². The minimum Gasteiger partial charge on any atom is -0.491 e. The van der Waals surface area contributed by atoms with E-state index < -0.39 is 0 Å². The molecule has 0 heterocycles. The average Bonchev–Trinajstić information content (AvgIpc) is 2.47. The SMILES string of the molecule is CCCNCC(C)C(C)c1ccccc1OCCOC. The molecule has 0 bridgehead atoms. The summed E-state index contributed by atoms with van der Waals surface area (Å²) in [5.74, 6) is 2.03. The normalized spacial score (nSPS) is 14.0. The van der Waals surface area contributed by atoms with Crippen LogP contribution in [-0.4, -0.2) is 33.4 Å². The molecule has 0 aliphatic carbocycles. The molecule has 0 fully saturated rings. The molecule has 2 atom stereocenters. The van der Waals surface area contributed by atoms with Crippen molar-refractivity contribution in [1.29, 1.82) is 0 Å². The molecule has 0 aromatic heterocycles. The fourth-order valence-corrected chi connectivity index (χ4v) is 2.21. The van der Waals surface area contributed by atoms with Crippen LogP contribution in [0.5, 0.6) is 5.75 Å². The van der Waals surface area contributed by atoms with Crippen molar-refractivity contribution in [2.45, 2.75) is 33.1 Å². The maximum Gasteiger partial charge on any atom is 0.122 e. The van der Waals surface area contributed by atoms with Gasteiger partial charge >= 0.3 is 0 Å². The van der Waals surface area contributed by atoms with Crippen molar-refractivity contribution < 1.29 is 9.47 Å². The van der Waals surface area contributed by atoms with Crippen LogP contribution >= 0.6 is 0 Å². The van der Waals surface area contributed by atoms with Gasteiger partial charge in [0.15, 0.2) is 0 Å². The van der Waals surface area contributed by atoms with Crippen molar-refractivity contribution in [3.63, 3.8) is 0 Å². The van der Waals surface area contributed by atoms with E-state index in [1.807, 2.05) is 12.1 Å². The molecule has 0 amide bonds. The van der Waals surface area contributed by atoms with Gasteiger partial charge in [-0.2, -0.15) is 0 Å². The summed E-state index contributed by atoms with van der Waals surface area (Å²) in [6.45, 7) is 10.1. The molecule has 114 valence electrons. The summed E-state index contributed by atoms with van der Waals surface area (Å²) >= 11 is 0. The van der Waals surface area contributed by atoms with Gasteiger partial charge in [-0.3, -0.25) is 0 Å². The van der Waals surface area contributed by atoms with Gasteiger partial charge in [-0.05, 0) is 43.0 Å². The number of para-hydroxylation sites is 1. The minimum atomic E-state index is 0.470. The molecule has 1 aromatic rings. The van der Waals surface area contributed by atoms with Crippen LogP contribution in [0.15, 0.2) is 24.3 Å². The van der Waals surface area contributed by atoms with Gasteiger partial charge in [0.25, 0.3) is 0 Å². The highest BCUT2D eigenvalue weighted by molar-refractivity contribution is 5.36. The van der Waals surface area contributed by atoms with Crippen molar-refractivity contribution in [2.75, 3.05) is 33.4 Å². The molecule has 1 N–H and O–H groups in total. The number of nitrogens with one attached hydrogen (secondary N) is 1. The molecule has 0 radical (unpaired) electrons. The monoisotopic (exact) mass is 279 g/mol. The molecule has 0 saturated heterocycles. The van der Waals surface area contributed by atoms with Crippen molar-refractivity contribution >= 4 is 0 Å². The van der Waals surface area contributed by atoms with Crippen LogP contribution in [0.4, 0.5) is 0 Å². The third-order valence-electron chi connectivity index (χ3n) is 3.70. The second-order valence-electron chi connectivity index (χ2n) is 5.35. The first-order valence-corrected chi connectivity index (χ1v) is 7.62. The number of ether oxygens (including phenoxy) is 2. The molecule has 0 aliphatic heterocycles. The molecule has 1 rings (SSSR count). The lowest BCUT2D eigenvalue weighted by atomic mass is 9.88. The molecule has 0 spiro atoms. The lowest BCUT2D eigenvalue weighted by Gasteiger charge is -2.23. The minimum absolute atomic E-state index is 0.470. The van der Waals surface area contributed by atoms with Gasteiger partial charge in [-0.25, -0.2) is 0 Å². The number of benzene rings is 1. The van der Waals surface area contributed by atoms with Crippen LogP contribution in [-0.2, 0) is 4.74 Å². The average molecular weight is 279 g/mol. The van der Waals surface area contributed by atoms with Gasteiger partial charge in [0, 0.05) is 7.11 Å². The molecule has 3 nitrogen and oxygen atoms in total. The fraction of sp³-hybridized carbons (Fsp3) is 0.647. The van der Waals surface area contributed by atoms with Crippen LogP contribution in [0.2, 0.25) is 0 Å². The Morgan fingerprint density at radius 3 is 2.60 bits per heavy atom. The quantitative estimate of drug-likeness (QED) is 0.665. The number of rotatable bonds is 10. The molecule has 1 aromatic carbocycles. The maximum absolute atomic E-state index is 5.83. The summed E-state index contributed by atoms with van der Waals surface area (Å²) in [6.07, 6.45) is 1.18. The van der Waals surface area contributed by atoms with E-state index in [2.05, 4.69) is 38.2 Å². The topological polar surface area (TPSA) is 30.5 Å². The maximum atomic E-state index is 5.83. The van der Waals surface area contributed by atoms with Gasteiger partial charge in [-0.1, -0.05) is 39.0 Å². The smallest absolute Gasteiger partial charge is 0.122 e. The third-order valence-corrected chi connectivity index (χ3v) is 3.70. The van der Waals surface area contributed by atoms with Gasteiger partial charge < -0.3 is 14.8 Å². The lowest BCUT2D eigenvalue weighted by molar-refractivity contribution is 0.145. The second kappa shape index (κ2) is 9.78. The second-order valence-corrected chi connectivity index (χ2v) is 5.35. The Hall–Kier alpha value is -1.06. The van der Waals surface area contributed by atoms with Crippen molar-refractivity contribution in [3.8, 4) is 5.75 Å². The Bertz CT molecular complexity index is 368. The van der Waals surface area contributed by atoms with Crippen molar-refractivity contribution in [1.82, 2.24) is 5.32 Å². The molecule has 20 heavy (non-hydrogen) atoms. The Morgan fingerprint density at radius 1 is 1.15 bits per heavy atom. The van der Waals surface area contributed by atoms with Gasteiger partial charge in [0.2, 0.25) is 0 Å². The van der Waals surface area contributed by atoms with Crippen LogP contribution in [0.25, 0.3) is 0 Å². The highest BCUT2D eigenvalue weighted by Gasteiger charge is 2.17. The standard InChI is InChI=1S/C17H29NO2/c1-5-10-18-13-14(2)15(3)16-8-6-7-9-17(16)20-12-11-19-4/h6-9,14-15,18H,5,10-13H2,1-4H3. The van der Waals surface area contributed by atoms with E-state index in [9.17, 15) is 0 Å². The molecule has 0 aliphatic rings. The zero-order valence-corrected chi connectivity index (χ0v) is 13.3. The Labute approximate surface area is 123 Å². The summed E-state index contributed by atoms with van der Waals surface area (Å²) < 4.78 is 10.9. The Balaban J connectivity index is 2.63. The van der Waals surface area contributed by atoms with E-state index in [0.29, 0.717) is 25.0 Å². The first-order chi connectivity index (χ1) is 9.70. The largest absolute Gasteiger partial charge is 0.491 e. The molecule has 0 saturated carbocycles. The first-order valence-electron chi connectivity index (χ1n) is 7.62. The van der Waals surface area contributed by atoms with E-state index in [1.165, 1.54) is 12.0 Å². The van der Waals surface area contributed by atoms with E-state index >= 15 is 0 Å². The van der Waals surface area contributed by atoms with Crippen LogP contribution in [0.3, 0.4) is 0 Å². The van der Waals surface area contributed by atoms with Gasteiger partial charge in [0.05, 0.1) is 6.61 Å². The number of methoxy groups -OCH3 is 1. The first kappa shape index (κ1) is 17.0. The highest BCUT2D eigenvalue weighted by Crippen LogP contribution is 2.31. The third kappa shape index (κ3) is 5.51. The zero-order chi connectivity index (χ0) is 14.8. The van der Waals surface area contributed by atoms with Crippen LogP contribution < -0.4 is 10.1 Å². The van der Waals surface area contributed by atoms with E-state index in [0.717, 1.165) is 18.8 Å². The summed E-state index contributed by atoms with van der Waals surface area (Å²) in [4.78, 5) is 0. The highest BCUT2D eigenvalue weighted by atomic mass is 16.5. The Morgan fingerprint density at radius 2 is 1.90 bits per heavy atom. The van der Waals surface area contributed by atoms with Gasteiger partial charge in [-0.15, -0.1) is 0 Å². The number of hydrogen-bond donors (Lipinski definition) is 1. The molecule has 3 heteroatoms. The summed E-state index contributed by atoms with van der Waals surface area (Å²) in [5, 5.41) is 3.50. The summed E-state index contributed by atoms with van der Waals surface area (Å²) in [7, 11) is 1.69. The molecular weight excluding hydrogens is 250 g/mol. The molecular formula is C17H29NO2. The predicted octanol–water partition coefficient (Wildman–Crippen LogP) is 3.45. The van der Waals surface area contributed by atoms with Crippen molar-refractivity contribution in [3.05, 3.63) is 29.8 Å². The molecule has 2 unspecified atom stereocenters. The van der Waals surface area contributed by atoms with E-state index in [-0.39, 0.29) is 0 Å². The van der Waals surface area contributed by atoms with Crippen molar-refractivity contribution in [2.24, 2.45) is 5.92 Å². The zero-order valence-electron chi connectivity index (χ0n) is 13.3. The summed E-state index contributed by atoms with van der Waals surface area (Å²) in [6, 6.07) is 8.33. The van der Waals surface area contributed by atoms with Gasteiger partial charge in [0.1, 0.15) is 12.4 Å². The van der Waals surface area contributed by atoms with E-state index in [1.54, 1.807) is 7.11 Å².